The number of aromatic amines is 1. The molecule has 0 spiro atoms. The van der Waals surface area contributed by atoms with Crippen molar-refractivity contribution in [3.05, 3.63) is 65.4 Å². The fourth-order valence-electron chi connectivity index (χ4n) is 2.82. The van der Waals surface area contributed by atoms with E-state index in [1.54, 1.807) is 24.3 Å². The molecule has 0 aliphatic heterocycles. The number of likely N-dealkylation sites (N-methyl/N-ethyl adjacent to an activating group) is 1. The molecule has 1 amide bonds. The molecule has 0 atom stereocenters. The van der Waals surface area contributed by atoms with E-state index in [1.807, 2.05) is 38.4 Å². The lowest BCUT2D eigenvalue weighted by atomic mass is 10.1. The molecule has 3 rings (SSSR count). The monoisotopic (exact) mass is 395 g/mol. The summed E-state index contributed by atoms with van der Waals surface area (Å²) in [6.45, 7) is 1.79. The minimum absolute atomic E-state index is 0.201. The number of fused-ring (bicyclic) bond motifs is 1. The van der Waals surface area contributed by atoms with Gasteiger partial charge in [-0.05, 0) is 56.1 Å². The first-order valence-electron chi connectivity index (χ1n) is 9.32. The first-order chi connectivity index (χ1) is 14.0. The van der Waals surface area contributed by atoms with Crippen LogP contribution in [-0.4, -0.2) is 56.1 Å². The van der Waals surface area contributed by atoms with Gasteiger partial charge in [0.2, 0.25) is 0 Å². The van der Waals surface area contributed by atoms with Crippen molar-refractivity contribution in [2.45, 2.75) is 6.54 Å². The molecule has 0 aliphatic carbocycles. The maximum Gasteiger partial charge on any atom is 0.337 e. The lowest BCUT2D eigenvalue weighted by Crippen LogP contribution is -2.23. The second kappa shape index (κ2) is 9.25. The number of ether oxygens (including phenoxy) is 2. The average Bonchev–Trinajstić information content (AvgIpc) is 3.15. The number of benzene rings is 2. The van der Waals surface area contributed by atoms with Gasteiger partial charge in [0.1, 0.15) is 18.1 Å². The SMILES string of the molecule is COC(=O)c1ccc(CNC(=O)c2cc3cc(OCCN(C)C)ccc3[nH]2)cc1. The van der Waals surface area contributed by atoms with Gasteiger partial charge >= 0.3 is 5.97 Å². The third-order valence-electron chi connectivity index (χ3n) is 4.47. The highest BCUT2D eigenvalue weighted by Gasteiger charge is 2.11. The number of amides is 1. The van der Waals surface area contributed by atoms with Crippen molar-refractivity contribution in [3.8, 4) is 5.75 Å². The van der Waals surface area contributed by atoms with Crippen LogP contribution in [-0.2, 0) is 11.3 Å². The molecule has 2 N–H and O–H groups in total. The van der Waals surface area contributed by atoms with E-state index in [9.17, 15) is 9.59 Å². The smallest absolute Gasteiger partial charge is 0.337 e. The first-order valence-corrected chi connectivity index (χ1v) is 9.32. The largest absolute Gasteiger partial charge is 0.492 e. The number of methoxy groups -OCH3 is 1. The Labute approximate surface area is 169 Å². The Hall–Kier alpha value is -3.32. The van der Waals surface area contributed by atoms with Crippen molar-refractivity contribution >= 4 is 22.8 Å². The van der Waals surface area contributed by atoms with Gasteiger partial charge in [0.05, 0.1) is 12.7 Å². The van der Waals surface area contributed by atoms with E-state index in [-0.39, 0.29) is 11.9 Å². The molecule has 0 saturated heterocycles. The van der Waals surface area contributed by atoms with E-state index in [0.717, 1.165) is 28.8 Å². The number of carbonyl (C=O) groups is 2. The summed E-state index contributed by atoms with van der Waals surface area (Å²) in [7, 11) is 5.34. The standard InChI is InChI=1S/C22H25N3O4/c1-25(2)10-11-29-18-8-9-19-17(12-18)13-20(24-19)21(26)23-14-15-4-6-16(7-5-15)22(27)28-3/h4-9,12-13,24H,10-11,14H2,1-3H3,(H,23,26). The summed E-state index contributed by atoms with van der Waals surface area (Å²) in [5.74, 6) is 0.188. The van der Waals surface area contributed by atoms with Gasteiger partial charge in [-0.1, -0.05) is 12.1 Å². The van der Waals surface area contributed by atoms with E-state index in [4.69, 9.17) is 4.74 Å². The van der Waals surface area contributed by atoms with Crippen molar-refractivity contribution in [1.29, 1.82) is 0 Å². The van der Waals surface area contributed by atoms with E-state index in [2.05, 4.69) is 19.9 Å². The second-order valence-electron chi connectivity index (χ2n) is 6.95. The first kappa shape index (κ1) is 20.4. The number of carbonyl (C=O) groups excluding carboxylic acids is 2. The van der Waals surface area contributed by atoms with Gasteiger partial charge in [-0.25, -0.2) is 4.79 Å². The van der Waals surface area contributed by atoms with Crippen molar-refractivity contribution in [1.82, 2.24) is 15.2 Å². The summed E-state index contributed by atoms with van der Waals surface area (Å²) in [6.07, 6.45) is 0. The normalized spacial score (nSPS) is 10.9. The zero-order valence-electron chi connectivity index (χ0n) is 16.8. The molecule has 0 saturated carbocycles. The summed E-state index contributed by atoms with van der Waals surface area (Å²) < 4.78 is 10.4. The number of nitrogens with one attached hydrogen (secondary N) is 2. The third kappa shape index (κ3) is 5.36. The van der Waals surface area contributed by atoms with Gasteiger partial charge in [-0.15, -0.1) is 0 Å². The molecule has 7 heteroatoms. The molecule has 7 nitrogen and oxygen atoms in total. The topological polar surface area (TPSA) is 83.7 Å². The second-order valence-corrected chi connectivity index (χ2v) is 6.95. The van der Waals surface area contributed by atoms with Crippen molar-refractivity contribution < 1.29 is 19.1 Å². The fraction of sp³-hybridized carbons (Fsp3) is 0.273. The summed E-state index contributed by atoms with van der Waals surface area (Å²) in [5, 5.41) is 3.79. The summed E-state index contributed by atoms with van der Waals surface area (Å²) in [5.41, 5.74) is 2.72. The van der Waals surface area contributed by atoms with Crippen LogP contribution in [0.2, 0.25) is 0 Å². The van der Waals surface area contributed by atoms with Crippen LogP contribution in [0.4, 0.5) is 0 Å². The molecule has 152 valence electrons. The van der Waals surface area contributed by atoms with Gasteiger partial charge in [0.25, 0.3) is 5.91 Å². The van der Waals surface area contributed by atoms with E-state index < -0.39 is 0 Å². The summed E-state index contributed by atoms with van der Waals surface area (Å²) >= 11 is 0. The molecule has 2 aromatic carbocycles. The Balaban J connectivity index is 1.61. The predicted octanol–water partition coefficient (Wildman–Crippen LogP) is 2.82. The number of esters is 1. The van der Waals surface area contributed by atoms with E-state index in [1.165, 1.54) is 7.11 Å². The molecule has 3 aromatic rings. The molecule has 0 bridgehead atoms. The van der Waals surface area contributed by atoms with Crippen molar-refractivity contribution in [2.75, 3.05) is 34.4 Å². The van der Waals surface area contributed by atoms with Crippen LogP contribution in [0.5, 0.6) is 5.75 Å². The van der Waals surface area contributed by atoms with Crippen molar-refractivity contribution in [3.63, 3.8) is 0 Å². The van der Waals surface area contributed by atoms with Gasteiger partial charge in [0.15, 0.2) is 0 Å². The molecule has 0 unspecified atom stereocenters. The molecule has 0 aliphatic rings. The molecule has 1 heterocycles. The van der Waals surface area contributed by atoms with Crippen LogP contribution in [0.15, 0.2) is 48.5 Å². The average molecular weight is 395 g/mol. The minimum Gasteiger partial charge on any atom is -0.492 e. The highest BCUT2D eigenvalue weighted by Crippen LogP contribution is 2.22. The number of hydrogen-bond acceptors (Lipinski definition) is 5. The molecular formula is C22H25N3O4. The molecular weight excluding hydrogens is 370 g/mol. The van der Waals surface area contributed by atoms with Crippen LogP contribution in [0.3, 0.4) is 0 Å². The van der Waals surface area contributed by atoms with E-state index >= 15 is 0 Å². The van der Waals surface area contributed by atoms with Gasteiger partial charge in [-0.2, -0.15) is 0 Å². The van der Waals surface area contributed by atoms with Crippen LogP contribution in [0, 0.1) is 0 Å². The zero-order valence-corrected chi connectivity index (χ0v) is 16.8. The highest BCUT2D eigenvalue weighted by molar-refractivity contribution is 5.98. The van der Waals surface area contributed by atoms with Crippen LogP contribution < -0.4 is 10.1 Å². The Bertz CT molecular complexity index is 993. The maximum atomic E-state index is 12.5. The lowest BCUT2D eigenvalue weighted by molar-refractivity contribution is 0.0600. The Morgan fingerprint density at radius 1 is 1.07 bits per heavy atom. The molecule has 1 aromatic heterocycles. The Morgan fingerprint density at radius 2 is 1.83 bits per heavy atom. The van der Waals surface area contributed by atoms with E-state index in [0.29, 0.717) is 24.4 Å². The molecule has 29 heavy (non-hydrogen) atoms. The molecule has 0 radical (unpaired) electrons. The minimum atomic E-state index is -0.385. The van der Waals surface area contributed by atoms with Gasteiger partial charge in [0, 0.05) is 24.0 Å². The third-order valence-corrected chi connectivity index (χ3v) is 4.47. The maximum absolute atomic E-state index is 12.5. The molecule has 0 fully saturated rings. The lowest BCUT2D eigenvalue weighted by Gasteiger charge is -2.10. The number of aromatic nitrogens is 1. The van der Waals surface area contributed by atoms with Crippen LogP contribution in [0.25, 0.3) is 10.9 Å². The zero-order chi connectivity index (χ0) is 20.8. The predicted molar refractivity (Wildman–Crippen MR) is 111 cm³/mol. The number of rotatable bonds is 8. The van der Waals surface area contributed by atoms with Gasteiger partial charge in [-0.3, -0.25) is 4.79 Å². The highest BCUT2D eigenvalue weighted by atomic mass is 16.5. The summed E-state index contributed by atoms with van der Waals surface area (Å²) in [4.78, 5) is 29.1. The Morgan fingerprint density at radius 3 is 2.52 bits per heavy atom. The number of nitrogens with zero attached hydrogens (tertiary/aromatic N) is 1. The van der Waals surface area contributed by atoms with Crippen molar-refractivity contribution in [2.24, 2.45) is 0 Å². The van der Waals surface area contributed by atoms with Crippen LogP contribution >= 0.6 is 0 Å². The Kier molecular flexibility index (Phi) is 6.51. The van der Waals surface area contributed by atoms with Crippen LogP contribution in [0.1, 0.15) is 26.4 Å². The number of hydrogen-bond donors (Lipinski definition) is 2. The quantitative estimate of drug-likeness (QED) is 0.573. The van der Waals surface area contributed by atoms with Gasteiger partial charge < -0.3 is 24.7 Å². The fourth-order valence-corrected chi connectivity index (χ4v) is 2.82. The number of H-pyrrole nitrogens is 1. The summed E-state index contributed by atoms with van der Waals surface area (Å²) in [6, 6.07) is 14.4.